The Hall–Kier alpha value is -3.44. The van der Waals surface area contributed by atoms with Gasteiger partial charge in [-0.05, 0) is 35.9 Å². The smallest absolute Gasteiger partial charge is 0.244 e. The Kier molecular flexibility index (Phi) is 4.91. The second-order valence-corrected chi connectivity index (χ2v) is 7.28. The van der Waals surface area contributed by atoms with Crippen LogP contribution in [0.3, 0.4) is 0 Å². The number of nitrogens with zero attached hydrogens (tertiary/aromatic N) is 2. The average molecular weight is 453 g/mol. The maximum absolute atomic E-state index is 9.80. The summed E-state index contributed by atoms with van der Waals surface area (Å²) in [5, 5.41) is 17.1. The molecule has 1 aliphatic rings. The number of allylic oxidation sites excluding steroid dienone is 1. The number of nitrogens with one attached hydrogen (secondary N) is 1. The standard InChI is InChI=1S/C21H17BrN4O3/c1-27-13-7-8-16(28-2)14(9-13)19-18-17(11-3-5-12(22)6-4-11)15(10-23)20(24)29-21(18)26-25-19/h3-9,17H,24H2,1-2H3,(H,25,26)/t17-/m0/s1. The molecule has 0 fully saturated rings. The van der Waals surface area contributed by atoms with Crippen LogP contribution < -0.4 is 19.9 Å². The molecule has 0 saturated carbocycles. The van der Waals surface area contributed by atoms with Gasteiger partial charge >= 0.3 is 0 Å². The SMILES string of the molecule is COc1ccc(OC)c(-c2[nH]nc3c2[C@@H](c2ccc(Br)cc2)C(C#N)=C(N)O3)c1. The summed E-state index contributed by atoms with van der Waals surface area (Å²) in [6.45, 7) is 0. The van der Waals surface area contributed by atoms with E-state index in [1.54, 1.807) is 14.2 Å². The molecule has 2 aromatic carbocycles. The van der Waals surface area contributed by atoms with Crippen molar-refractivity contribution in [3.05, 3.63) is 69.5 Å². The van der Waals surface area contributed by atoms with Gasteiger partial charge in [-0.15, -0.1) is 5.10 Å². The zero-order chi connectivity index (χ0) is 20.5. The third kappa shape index (κ3) is 3.19. The van der Waals surface area contributed by atoms with Crippen LogP contribution in [0.4, 0.5) is 0 Å². The Morgan fingerprint density at radius 2 is 1.93 bits per heavy atom. The second kappa shape index (κ2) is 7.53. The summed E-state index contributed by atoms with van der Waals surface area (Å²) < 4.78 is 17.5. The molecule has 2 heterocycles. The lowest BCUT2D eigenvalue weighted by Gasteiger charge is -2.24. The molecular weight excluding hydrogens is 436 g/mol. The van der Waals surface area contributed by atoms with E-state index in [0.717, 1.165) is 15.6 Å². The Morgan fingerprint density at radius 3 is 2.59 bits per heavy atom. The van der Waals surface area contributed by atoms with Crippen molar-refractivity contribution in [3.8, 4) is 34.7 Å². The number of halogens is 1. The minimum absolute atomic E-state index is 0.0450. The summed E-state index contributed by atoms with van der Waals surface area (Å²) in [7, 11) is 3.19. The van der Waals surface area contributed by atoms with Crippen LogP contribution in [0.5, 0.6) is 17.4 Å². The van der Waals surface area contributed by atoms with Gasteiger partial charge in [-0.3, -0.25) is 5.10 Å². The molecule has 0 spiro atoms. The van der Waals surface area contributed by atoms with Crippen LogP contribution in [-0.4, -0.2) is 24.4 Å². The zero-order valence-corrected chi connectivity index (χ0v) is 17.3. The van der Waals surface area contributed by atoms with Gasteiger partial charge in [0.25, 0.3) is 0 Å². The van der Waals surface area contributed by atoms with Crippen molar-refractivity contribution in [2.24, 2.45) is 5.73 Å². The Balaban J connectivity index is 1.97. The number of H-pyrrole nitrogens is 1. The number of methoxy groups -OCH3 is 2. The van der Waals surface area contributed by atoms with Crippen molar-refractivity contribution < 1.29 is 14.2 Å². The monoisotopic (exact) mass is 452 g/mol. The number of benzene rings is 2. The normalized spacial score (nSPS) is 15.3. The Labute approximate surface area is 175 Å². The molecule has 29 heavy (non-hydrogen) atoms. The number of hydrogen-bond donors (Lipinski definition) is 2. The first-order chi connectivity index (χ1) is 14.1. The van der Waals surface area contributed by atoms with Crippen LogP contribution in [0, 0.1) is 11.3 Å². The third-order valence-corrected chi connectivity index (χ3v) is 5.35. The highest BCUT2D eigenvalue weighted by Crippen LogP contribution is 2.47. The van der Waals surface area contributed by atoms with Gasteiger partial charge in [-0.25, -0.2) is 0 Å². The summed E-state index contributed by atoms with van der Waals surface area (Å²) in [4.78, 5) is 0. The number of ether oxygens (including phenoxy) is 3. The number of hydrogen-bond acceptors (Lipinski definition) is 6. The van der Waals surface area contributed by atoms with E-state index in [4.69, 9.17) is 19.9 Å². The number of aromatic amines is 1. The van der Waals surface area contributed by atoms with Crippen LogP contribution in [0.25, 0.3) is 11.3 Å². The van der Waals surface area contributed by atoms with E-state index < -0.39 is 5.92 Å². The van der Waals surface area contributed by atoms with Crippen molar-refractivity contribution in [1.82, 2.24) is 10.2 Å². The first kappa shape index (κ1) is 18.9. The van der Waals surface area contributed by atoms with Gasteiger partial charge < -0.3 is 19.9 Å². The van der Waals surface area contributed by atoms with Gasteiger partial charge in [-0.1, -0.05) is 28.1 Å². The maximum atomic E-state index is 9.80. The molecule has 0 aliphatic carbocycles. The largest absolute Gasteiger partial charge is 0.497 e. The molecule has 1 atom stereocenters. The lowest BCUT2D eigenvalue weighted by Crippen LogP contribution is -2.21. The van der Waals surface area contributed by atoms with Gasteiger partial charge in [-0.2, -0.15) is 5.26 Å². The van der Waals surface area contributed by atoms with E-state index in [-0.39, 0.29) is 5.88 Å². The van der Waals surface area contributed by atoms with Crippen molar-refractivity contribution >= 4 is 15.9 Å². The minimum Gasteiger partial charge on any atom is -0.497 e. The molecule has 0 radical (unpaired) electrons. The van der Waals surface area contributed by atoms with Crippen molar-refractivity contribution in [3.63, 3.8) is 0 Å². The number of rotatable bonds is 4. The van der Waals surface area contributed by atoms with Crippen LogP contribution in [0.1, 0.15) is 17.0 Å². The second-order valence-electron chi connectivity index (χ2n) is 6.36. The van der Waals surface area contributed by atoms with E-state index in [0.29, 0.717) is 34.2 Å². The Morgan fingerprint density at radius 1 is 1.17 bits per heavy atom. The first-order valence-electron chi connectivity index (χ1n) is 8.71. The van der Waals surface area contributed by atoms with E-state index in [9.17, 15) is 5.26 Å². The fraction of sp³-hybridized carbons (Fsp3) is 0.143. The molecular formula is C21H17BrN4O3. The van der Waals surface area contributed by atoms with Gasteiger partial charge in [0.05, 0.1) is 31.4 Å². The molecule has 0 unspecified atom stereocenters. The molecule has 4 rings (SSSR count). The molecule has 3 aromatic rings. The van der Waals surface area contributed by atoms with Gasteiger partial charge in [0.2, 0.25) is 11.8 Å². The van der Waals surface area contributed by atoms with Crippen molar-refractivity contribution in [2.45, 2.75) is 5.92 Å². The highest BCUT2D eigenvalue weighted by atomic mass is 79.9. The van der Waals surface area contributed by atoms with Crippen LogP contribution in [0.2, 0.25) is 0 Å². The molecule has 3 N–H and O–H groups in total. The summed E-state index contributed by atoms with van der Waals surface area (Å²) in [6.07, 6.45) is 0. The lowest BCUT2D eigenvalue weighted by molar-refractivity contribution is 0.379. The fourth-order valence-electron chi connectivity index (χ4n) is 3.45. The highest BCUT2D eigenvalue weighted by Gasteiger charge is 2.36. The lowest BCUT2D eigenvalue weighted by atomic mass is 9.83. The third-order valence-electron chi connectivity index (χ3n) is 4.82. The van der Waals surface area contributed by atoms with Gasteiger partial charge in [0.15, 0.2) is 0 Å². The topological polar surface area (TPSA) is 106 Å². The van der Waals surface area contributed by atoms with Crippen LogP contribution in [-0.2, 0) is 0 Å². The van der Waals surface area contributed by atoms with E-state index in [1.807, 2.05) is 42.5 Å². The highest BCUT2D eigenvalue weighted by molar-refractivity contribution is 9.10. The first-order valence-corrected chi connectivity index (χ1v) is 9.50. The summed E-state index contributed by atoms with van der Waals surface area (Å²) >= 11 is 3.45. The number of nitriles is 1. The van der Waals surface area contributed by atoms with E-state index >= 15 is 0 Å². The number of fused-ring (bicyclic) bond motifs is 1. The minimum atomic E-state index is -0.443. The van der Waals surface area contributed by atoms with Gasteiger partial charge in [0.1, 0.15) is 23.1 Å². The Bertz CT molecular complexity index is 1150. The van der Waals surface area contributed by atoms with Crippen LogP contribution in [0.15, 0.2) is 58.4 Å². The molecule has 8 heteroatoms. The predicted molar refractivity (Wildman–Crippen MR) is 111 cm³/mol. The molecule has 0 bridgehead atoms. The quantitative estimate of drug-likeness (QED) is 0.617. The molecule has 1 aromatic heterocycles. The molecule has 7 nitrogen and oxygen atoms in total. The van der Waals surface area contributed by atoms with E-state index in [2.05, 4.69) is 32.2 Å². The number of aromatic nitrogens is 2. The maximum Gasteiger partial charge on any atom is 0.244 e. The molecule has 146 valence electrons. The molecule has 0 amide bonds. The predicted octanol–water partition coefficient (Wildman–Crippen LogP) is 4.07. The van der Waals surface area contributed by atoms with Crippen molar-refractivity contribution in [1.29, 1.82) is 5.26 Å². The van der Waals surface area contributed by atoms with Gasteiger partial charge in [0, 0.05) is 10.0 Å². The van der Waals surface area contributed by atoms with Crippen LogP contribution >= 0.6 is 15.9 Å². The fourth-order valence-corrected chi connectivity index (χ4v) is 3.71. The number of nitrogens with two attached hydrogens (primary N) is 1. The summed E-state index contributed by atoms with van der Waals surface area (Å²) in [5.74, 6) is 1.23. The summed E-state index contributed by atoms with van der Waals surface area (Å²) in [6, 6.07) is 15.4. The molecule has 0 saturated heterocycles. The zero-order valence-electron chi connectivity index (χ0n) is 15.7. The van der Waals surface area contributed by atoms with E-state index in [1.165, 1.54) is 0 Å². The average Bonchev–Trinajstić information content (AvgIpc) is 3.16. The van der Waals surface area contributed by atoms with Crippen molar-refractivity contribution in [2.75, 3.05) is 14.2 Å². The molecule has 1 aliphatic heterocycles. The summed E-state index contributed by atoms with van der Waals surface area (Å²) in [5.41, 5.74) is 9.38.